The molecule has 72 heavy (non-hydrogen) atoms. The van der Waals surface area contributed by atoms with E-state index in [2.05, 4.69) is 108 Å². The molecule has 10 aromatic rings. The van der Waals surface area contributed by atoms with Crippen molar-refractivity contribution in [2.75, 3.05) is 0 Å². The standard InChI is InChI=1S/C17H19BNO2.C15H10N3.2C11H8N.C4H3BrN2.2Ir/c1-16(2)17(3,4)21-18(20-16)14-9-7-8-13(12-14)15-10-5-6-11-19-15;1-2-8-16-14(7-1)12-5-3-6-13(11-12)15-17-9-4-10-18-15;2*1-2-6-10(7-3-1)11-8-4-5-9-12-11;5-4-6-2-1-3-7-4;;/h5-7,9-12H,1-4H3;1-4,6-11H;2*1-6,8-9H;1-3H;;/q4*-1;;;. The zero-order chi connectivity index (χ0) is 48.9. The van der Waals surface area contributed by atoms with Gasteiger partial charge < -0.3 is 29.2 Å². The number of aromatic nitrogens is 8. The van der Waals surface area contributed by atoms with Crippen LogP contribution in [-0.4, -0.2) is 58.2 Å². The van der Waals surface area contributed by atoms with Gasteiger partial charge in [0.25, 0.3) is 0 Å². The normalized spacial score (nSPS) is 12.4. The Kier molecular flexibility index (Phi) is 22.7. The predicted octanol–water partition coefficient (Wildman–Crippen LogP) is 12.2. The minimum Gasteiger partial charge on any atom is -0.400 e. The van der Waals surface area contributed by atoms with Crippen molar-refractivity contribution in [3.8, 4) is 56.4 Å². The van der Waals surface area contributed by atoms with Gasteiger partial charge in [0.1, 0.15) is 5.82 Å². The van der Waals surface area contributed by atoms with Crippen molar-refractivity contribution in [2.45, 2.75) is 38.9 Å². The molecule has 0 spiro atoms. The molecule has 0 N–H and O–H groups in total. The van der Waals surface area contributed by atoms with Gasteiger partial charge in [0, 0.05) is 89.8 Å². The van der Waals surface area contributed by atoms with Gasteiger partial charge in [0.15, 0.2) is 4.73 Å². The maximum absolute atomic E-state index is 6.08. The minimum absolute atomic E-state index is 0. The molecule has 7 heterocycles. The summed E-state index contributed by atoms with van der Waals surface area (Å²) in [6.45, 7) is 8.23. The maximum atomic E-state index is 6.08. The van der Waals surface area contributed by atoms with Crippen molar-refractivity contribution in [1.82, 2.24) is 39.9 Å². The van der Waals surface area contributed by atoms with E-state index in [1.807, 2.05) is 158 Å². The van der Waals surface area contributed by atoms with Crippen LogP contribution in [0.4, 0.5) is 0 Å². The van der Waals surface area contributed by atoms with Crippen LogP contribution in [0.5, 0.6) is 0 Å². The molecule has 1 saturated heterocycles. The first kappa shape index (κ1) is 56.3. The van der Waals surface area contributed by atoms with Gasteiger partial charge in [-0.1, -0.05) is 54.1 Å². The van der Waals surface area contributed by atoms with Crippen molar-refractivity contribution in [3.05, 3.63) is 248 Å². The Morgan fingerprint density at radius 3 is 1.15 bits per heavy atom. The Labute approximate surface area is 458 Å². The Balaban J connectivity index is 0.000000173. The van der Waals surface area contributed by atoms with Gasteiger partial charge in [0.05, 0.1) is 11.2 Å². The van der Waals surface area contributed by atoms with Crippen LogP contribution < -0.4 is 5.46 Å². The smallest absolute Gasteiger partial charge is 0.400 e. The third-order valence-corrected chi connectivity index (χ3v) is 11.1. The van der Waals surface area contributed by atoms with E-state index in [1.54, 1.807) is 61.7 Å². The minimum atomic E-state index is -0.355. The number of hydrogen-bond acceptors (Lipinski definition) is 10. The molecular weight excluding hydrogens is 1320 g/mol. The molecule has 2 radical (unpaired) electrons. The van der Waals surface area contributed by atoms with Gasteiger partial charge in [0.2, 0.25) is 0 Å². The Morgan fingerprint density at radius 1 is 0.389 bits per heavy atom. The van der Waals surface area contributed by atoms with Crippen LogP contribution in [0.15, 0.2) is 224 Å². The molecule has 0 aliphatic carbocycles. The summed E-state index contributed by atoms with van der Waals surface area (Å²) in [6, 6.07) is 67.0. The first-order valence-electron chi connectivity index (χ1n) is 22.3. The first-order chi connectivity index (χ1) is 34.1. The molecule has 1 aliphatic rings. The third-order valence-electron chi connectivity index (χ3n) is 10.7. The van der Waals surface area contributed by atoms with Crippen molar-refractivity contribution in [2.24, 2.45) is 0 Å². The van der Waals surface area contributed by atoms with Gasteiger partial charge in [-0.15, -0.1) is 137 Å². The molecule has 0 saturated carbocycles. The van der Waals surface area contributed by atoms with Gasteiger partial charge in [-0.25, -0.2) is 19.9 Å². The van der Waals surface area contributed by atoms with Crippen LogP contribution in [0.3, 0.4) is 0 Å². The van der Waals surface area contributed by atoms with E-state index in [9.17, 15) is 0 Å². The fraction of sp³-hybridized carbons (Fsp3) is 0.103. The molecule has 0 unspecified atom stereocenters. The zero-order valence-corrected chi connectivity index (χ0v) is 46.2. The van der Waals surface area contributed by atoms with E-state index < -0.39 is 0 Å². The zero-order valence-electron chi connectivity index (χ0n) is 39.8. The van der Waals surface area contributed by atoms with Gasteiger partial charge >= 0.3 is 7.12 Å². The largest absolute Gasteiger partial charge is 0.475 e. The summed E-state index contributed by atoms with van der Waals surface area (Å²) in [7, 11) is -0.355. The fourth-order valence-corrected chi connectivity index (χ4v) is 6.67. The van der Waals surface area contributed by atoms with Gasteiger partial charge in [-0.05, 0) is 103 Å². The average Bonchev–Trinajstić information content (AvgIpc) is 3.66. The first-order valence-corrected chi connectivity index (χ1v) is 23.1. The van der Waals surface area contributed by atoms with Crippen LogP contribution in [0.1, 0.15) is 27.7 Å². The van der Waals surface area contributed by atoms with Crippen LogP contribution in [-0.2, 0) is 49.5 Å². The molecule has 4 aromatic carbocycles. The van der Waals surface area contributed by atoms with Crippen molar-refractivity contribution >= 4 is 28.5 Å². The van der Waals surface area contributed by atoms with E-state index in [4.69, 9.17) is 9.31 Å². The van der Waals surface area contributed by atoms with Crippen molar-refractivity contribution in [1.29, 1.82) is 0 Å². The maximum Gasteiger partial charge on any atom is 0.475 e. The molecule has 0 bridgehead atoms. The average molecular weight is 1360 g/mol. The monoisotopic (exact) mass is 1360 g/mol. The Hall–Kier alpha value is -6.60. The molecule has 11 rings (SSSR count). The van der Waals surface area contributed by atoms with Crippen molar-refractivity contribution in [3.63, 3.8) is 0 Å². The second-order valence-corrected chi connectivity index (χ2v) is 16.8. The molecule has 10 nitrogen and oxygen atoms in total. The fourth-order valence-electron chi connectivity index (χ4n) is 6.43. The molecular formula is C58H48BBrIr2N8O2-4. The molecule has 364 valence electrons. The molecule has 6 aromatic heterocycles. The SMILES string of the molecule is Brc1ncccn1.CC1(C)OB(c2cc[c-]c(-c3ccccn3)c2)OC1(C)C.[Ir].[Ir].[c-]1ccc(-c2ncccn2)cc1-c1ccccn1.[c-]1ccccc1-c1ccccn1.[c-]1ccccc1-c1ccccn1. The number of nitrogens with zero attached hydrogens (tertiary/aromatic N) is 8. The molecule has 1 fully saturated rings. The molecule has 14 heteroatoms. The van der Waals surface area contributed by atoms with Crippen molar-refractivity contribution < 1.29 is 49.5 Å². The van der Waals surface area contributed by atoms with E-state index >= 15 is 0 Å². The van der Waals surface area contributed by atoms with Crippen LogP contribution in [0.25, 0.3) is 56.4 Å². The number of pyridine rings is 4. The number of halogens is 1. The van der Waals surface area contributed by atoms with E-state index in [-0.39, 0.29) is 58.5 Å². The second-order valence-electron chi connectivity index (χ2n) is 16.1. The number of benzene rings is 4. The van der Waals surface area contributed by atoms with Crippen LogP contribution in [0, 0.1) is 24.3 Å². The van der Waals surface area contributed by atoms with Crippen LogP contribution in [0.2, 0.25) is 0 Å². The topological polar surface area (TPSA) is 122 Å². The van der Waals surface area contributed by atoms with E-state index in [0.29, 0.717) is 10.6 Å². The number of hydrogen-bond donors (Lipinski definition) is 0. The Morgan fingerprint density at radius 2 is 0.764 bits per heavy atom. The second kappa shape index (κ2) is 29.1. The number of rotatable bonds is 6. The summed E-state index contributed by atoms with van der Waals surface area (Å²) in [5.74, 6) is 0.712. The van der Waals surface area contributed by atoms with Gasteiger partial charge in [-0.2, -0.15) is 0 Å². The van der Waals surface area contributed by atoms with Crippen LogP contribution >= 0.6 is 15.9 Å². The quantitative estimate of drug-likeness (QED) is 0.0904. The third kappa shape index (κ3) is 17.0. The molecule has 1 aliphatic heterocycles. The van der Waals surface area contributed by atoms with Gasteiger partial charge in [-0.3, -0.25) is 0 Å². The molecule has 0 amide bonds. The summed E-state index contributed by atoms with van der Waals surface area (Å²) in [6.07, 6.45) is 14.0. The summed E-state index contributed by atoms with van der Waals surface area (Å²) in [4.78, 5) is 33.2. The Bertz CT molecular complexity index is 2840. The summed E-state index contributed by atoms with van der Waals surface area (Å²) < 4.78 is 12.8. The summed E-state index contributed by atoms with van der Waals surface area (Å²) in [5, 5.41) is 0. The predicted molar refractivity (Wildman–Crippen MR) is 281 cm³/mol. The van der Waals surface area contributed by atoms with E-state index in [0.717, 1.165) is 56.1 Å². The van der Waals surface area contributed by atoms with E-state index in [1.165, 1.54) is 0 Å². The summed E-state index contributed by atoms with van der Waals surface area (Å²) >= 11 is 3.09. The summed E-state index contributed by atoms with van der Waals surface area (Å²) in [5.41, 5.74) is 9.01. The molecule has 0 atom stereocenters.